The first-order valence-corrected chi connectivity index (χ1v) is 4.90. The summed E-state index contributed by atoms with van der Waals surface area (Å²) in [4.78, 5) is 0. The van der Waals surface area contributed by atoms with Gasteiger partial charge in [-0.15, -0.1) is 0 Å². The maximum Gasteiger partial charge on any atom is 0.164 e. The molecule has 2 bridgehead atoms. The molecule has 0 amide bonds. The zero-order valence-corrected chi connectivity index (χ0v) is 6.55. The topological polar surface area (TPSA) is 27.7 Å². The molecule has 5 fully saturated rings. The van der Waals surface area contributed by atoms with Crippen LogP contribution in [0.15, 0.2) is 0 Å². The van der Waals surface area contributed by atoms with Gasteiger partial charge >= 0.3 is 0 Å². The number of hydrogen-bond acceptors (Lipinski definition) is 3. The maximum atomic E-state index is 5.84. The highest BCUT2D eigenvalue weighted by atomic mass is 16.8. The third-order valence-corrected chi connectivity index (χ3v) is 4.62. The Bertz CT molecular complexity index is 249. The Hall–Kier alpha value is -0.120. The summed E-state index contributed by atoms with van der Waals surface area (Å²) in [6, 6.07) is 0. The molecule has 0 aromatic carbocycles. The molecule has 0 aromatic heterocycles. The van der Waals surface area contributed by atoms with E-state index in [2.05, 4.69) is 0 Å². The van der Waals surface area contributed by atoms with Crippen LogP contribution in [0.3, 0.4) is 0 Å². The van der Waals surface area contributed by atoms with Crippen molar-refractivity contribution >= 4 is 0 Å². The van der Waals surface area contributed by atoms with Crippen LogP contribution in [0.2, 0.25) is 0 Å². The Labute approximate surface area is 70.0 Å². The van der Waals surface area contributed by atoms with Gasteiger partial charge in [-0.2, -0.15) is 0 Å². The molecule has 0 aromatic rings. The second kappa shape index (κ2) is 1.37. The van der Waals surface area contributed by atoms with E-state index in [0.29, 0.717) is 24.0 Å². The van der Waals surface area contributed by atoms with E-state index < -0.39 is 0 Å². The number of ether oxygens (including phenoxy) is 3. The van der Waals surface area contributed by atoms with E-state index in [9.17, 15) is 0 Å². The molecule has 5 aliphatic rings. The first-order valence-electron chi connectivity index (χ1n) is 4.90. The van der Waals surface area contributed by atoms with E-state index in [1.165, 1.54) is 6.42 Å². The van der Waals surface area contributed by atoms with E-state index in [-0.39, 0.29) is 12.6 Å². The Morgan fingerprint density at radius 1 is 0.750 bits per heavy atom. The molecule has 3 heteroatoms. The molecule has 3 heterocycles. The fourth-order valence-corrected chi connectivity index (χ4v) is 4.39. The quantitative estimate of drug-likeness (QED) is 0.519. The fourth-order valence-electron chi connectivity index (χ4n) is 4.39. The van der Waals surface area contributed by atoms with Crippen LogP contribution in [-0.4, -0.2) is 24.8 Å². The third-order valence-electron chi connectivity index (χ3n) is 4.62. The van der Waals surface area contributed by atoms with E-state index in [0.717, 1.165) is 11.8 Å². The predicted octanol–water partition coefficient (Wildman–Crippen LogP) is 0.348. The lowest BCUT2D eigenvalue weighted by molar-refractivity contribution is -0.161. The highest BCUT2D eigenvalue weighted by molar-refractivity contribution is 5.17. The van der Waals surface area contributed by atoms with Crippen LogP contribution < -0.4 is 0 Å². The lowest BCUT2D eigenvalue weighted by atomic mass is 9.82. The van der Waals surface area contributed by atoms with Crippen molar-refractivity contribution in [1.82, 2.24) is 0 Å². The molecule has 3 aliphatic heterocycles. The number of hydrogen-bond donors (Lipinski definition) is 0. The fraction of sp³-hybridized carbons (Fsp3) is 1.00. The molecule has 12 heavy (non-hydrogen) atoms. The zero-order chi connectivity index (χ0) is 7.45. The van der Waals surface area contributed by atoms with Gasteiger partial charge in [0.25, 0.3) is 0 Å². The van der Waals surface area contributed by atoms with E-state index in [1.807, 2.05) is 0 Å². The van der Waals surface area contributed by atoms with Crippen LogP contribution in [0.5, 0.6) is 0 Å². The predicted molar refractivity (Wildman–Crippen MR) is 37.0 cm³/mol. The lowest BCUT2D eigenvalue weighted by Crippen LogP contribution is -2.30. The molecule has 8 atom stereocenters. The van der Waals surface area contributed by atoms with Gasteiger partial charge in [-0.1, -0.05) is 0 Å². The van der Waals surface area contributed by atoms with Gasteiger partial charge in [0, 0.05) is 11.8 Å². The summed E-state index contributed by atoms with van der Waals surface area (Å²) >= 11 is 0. The van der Waals surface area contributed by atoms with Gasteiger partial charge in [-0.05, 0) is 18.3 Å². The smallest absolute Gasteiger partial charge is 0.164 e. The Kier molecular flexibility index (Phi) is 0.635. The van der Waals surface area contributed by atoms with Gasteiger partial charge in [0.15, 0.2) is 12.6 Å². The van der Waals surface area contributed by atoms with Crippen molar-refractivity contribution in [3.05, 3.63) is 0 Å². The van der Waals surface area contributed by atoms with Gasteiger partial charge in [0.1, 0.15) is 0 Å². The molecule has 2 saturated carbocycles. The minimum absolute atomic E-state index is 0.104. The van der Waals surface area contributed by atoms with Crippen molar-refractivity contribution in [1.29, 1.82) is 0 Å². The molecule has 0 spiro atoms. The van der Waals surface area contributed by atoms with Crippen LogP contribution >= 0.6 is 0 Å². The summed E-state index contributed by atoms with van der Waals surface area (Å²) < 4.78 is 17.4. The van der Waals surface area contributed by atoms with E-state index >= 15 is 0 Å². The van der Waals surface area contributed by atoms with Crippen LogP contribution in [0.4, 0.5) is 0 Å². The van der Waals surface area contributed by atoms with Crippen LogP contribution in [0.1, 0.15) is 6.42 Å². The summed E-state index contributed by atoms with van der Waals surface area (Å²) in [7, 11) is 0. The Balaban J connectivity index is 1.87. The SMILES string of the molecule is C1[C@@H]2[C@H]3O[C@@H]4O[C@@H]5O[C@H]3[C@H]1[C@@H]5[C@@H]42. The molecule has 5 rings (SSSR count). The minimum Gasteiger partial charge on any atom is -0.346 e. The van der Waals surface area contributed by atoms with Crippen molar-refractivity contribution in [2.45, 2.75) is 31.2 Å². The monoisotopic (exact) mass is 166 g/mol. The minimum atomic E-state index is 0.104. The van der Waals surface area contributed by atoms with Gasteiger partial charge in [-0.3, -0.25) is 0 Å². The molecule has 0 unspecified atom stereocenters. The number of fused-ring (bicyclic) bond motifs is 1. The van der Waals surface area contributed by atoms with Gasteiger partial charge in [0.2, 0.25) is 0 Å². The second-order valence-corrected chi connectivity index (χ2v) is 4.79. The molecular formula is C9H10O3. The van der Waals surface area contributed by atoms with Crippen LogP contribution in [-0.2, 0) is 14.2 Å². The largest absolute Gasteiger partial charge is 0.346 e. The van der Waals surface area contributed by atoms with Crippen LogP contribution in [0, 0.1) is 23.7 Å². The molecule has 0 radical (unpaired) electrons. The summed E-state index contributed by atoms with van der Waals surface area (Å²) in [5.74, 6) is 2.96. The second-order valence-electron chi connectivity index (χ2n) is 4.79. The zero-order valence-electron chi connectivity index (χ0n) is 6.55. The first-order chi connectivity index (χ1) is 5.93. The summed E-state index contributed by atoms with van der Waals surface area (Å²) in [5, 5.41) is 0. The molecule has 0 N–H and O–H groups in total. The van der Waals surface area contributed by atoms with Gasteiger partial charge in [-0.25, -0.2) is 0 Å². The van der Waals surface area contributed by atoms with Gasteiger partial charge in [0.05, 0.1) is 12.2 Å². The molecular weight excluding hydrogens is 156 g/mol. The maximum absolute atomic E-state index is 5.84. The van der Waals surface area contributed by atoms with E-state index in [1.54, 1.807) is 0 Å². The standard InChI is InChI=1S/C9H10O3/c1-2-4-5-3(1)7-6(2)10-8(4)12-9(5)11-7/h2-9H,1H2/t2-,3+,4-,5+,6+,7-,8+,9-. The molecule has 2 aliphatic carbocycles. The summed E-state index contributed by atoms with van der Waals surface area (Å²) in [5.41, 5.74) is 0. The van der Waals surface area contributed by atoms with Crippen molar-refractivity contribution in [3.63, 3.8) is 0 Å². The normalized spacial score (nSPS) is 80.0. The number of rotatable bonds is 0. The van der Waals surface area contributed by atoms with Crippen molar-refractivity contribution in [3.8, 4) is 0 Å². The Morgan fingerprint density at radius 3 is 1.92 bits per heavy atom. The van der Waals surface area contributed by atoms with Crippen molar-refractivity contribution < 1.29 is 14.2 Å². The first kappa shape index (κ1) is 5.58. The average molecular weight is 166 g/mol. The van der Waals surface area contributed by atoms with Gasteiger partial charge < -0.3 is 14.2 Å². The highest BCUT2D eigenvalue weighted by Crippen LogP contribution is 2.68. The molecule has 3 saturated heterocycles. The van der Waals surface area contributed by atoms with E-state index in [4.69, 9.17) is 14.2 Å². The summed E-state index contributed by atoms with van der Waals surface area (Å²) in [6.07, 6.45) is 2.35. The lowest BCUT2D eigenvalue weighted by Gasteiger charge is -2.19. The van der Waals surface area contributed by atoms with Crippen molar-refractivity contribution in [2.24, 2.45) is 23.7 Å². The van der Waals surface area contributed by atoms with Crippen LogP contribution in [0.25, 0.3) is 0 Å². The molecule has 3 nitrogen and oxygen atoms in total. The Morgan fingerprint density at radius 2 is 1.33 bits per heavy atom. The highest BCUT2D eigenvalue weighted by Gasteiger charge is 2.76. The third kappa shape index (κ3) is 0.340. The molecule has 64 valence electrons. The summed E-state index contributed by atoms with van der Waals surface area (Å²) in [6.45, 7) is 0. The van der Waals surface area contributed by atoms with Crippen molar-refractivity contribution in [2.75, 3.05) is 0 Å². The average Bonchev–Trinajstić information content (AvgIpc) is 2.57.